The van der Waals surface area contributed by atoms with Gasteiger partial charge in [0.2, 0.25) is 0 Å². The molecule has 2 aromatic heterocycles. The van der Waals surface area contributed by atoms with E-state index in [1.165, 1.54) is 0 Å². The minimum atomic E-state index is -0.0811. The molecule has 1 fully saturated rings. The number of urea groups is 1. The van der Waals surface area contributed by atoms with Gasteiger partial charge in [0.15, 0.2) is 5.65 Å². The third-order valence-corrected chi connectivity index (χ3v) is 5.42. The van der Waals surface area contributed by atoms with E-state index >= 15 is 0 Å². The largest absolute Gasteiger partial charge is 0.492 e. The molecule has 3 heterocycles. The Balaban J connectivity index is 1.30. The Morgan fingerprint density at radius 1 is 1.10 bits per heavy atom. The van der Waals surface area contributed by atoms with Crippen molar-refractivity contribution in [2.45, 2.75) is 20.4 Å². The van der Waals surface area contributed by atoms with Crippen LogP contribution in [0.4, 0.5) is 10.5 Å². The van der Waals surface area contributed by atoms with Gasteiger partial charge in [-0.05, 0) is 38.1 Å². The number of piperazine rings is 1. The van der Waals surface area contributed by atoms with Crippen LogP contribution >= 0.6 is 0 Å². The number of amides is 2. The van der Waals surface area contributed by atoms with Gasteiger partial charge in [-0.1, -0.05) is 12.1 Å². The van der Waals surface area contributed by atoms with Gasteiger partial charge in [0.1, 0.15) is 17.1 Å². The summed E-state index contributed by atoms with van der Waals surface area (Å²) < 4.78 is 7.76. The van der Waals surface area contributed by atoms with Crippen LogP contribution in [0.5, 0.6) is 5.75 Å². The predicted octanol–water partition coefficient (Wildman–Crippen LogP) is 2.99. The molecule has 1 aromatic carbocycles. The van der Waals surface area contributed by atoms with Crippen LogP contribution in [0, 0.1) is 6.92 Å². The summed E-state index contributed by atoms with van der Waals surface area (Å²) in [5.74, 6) is 1.68. The molecule has 1 aliphatic rings. The third-order valence-electron chi connectivity index (χ3n) is 5.42. The molecule has 4 rings (SSSR count). The maximum Gasteiger partial charge on any atom is 0.322 e. The average Bonchev–Trinajstić information content (AvgIpc) is 3.09. The molecule has 1 N–H and O–H groups in total. The summed E-state index contributed by atoms with van der Waals surface area (Å²) in [4.78, 5) is 26.0. The molecular formula is C22H28N6O2. The number of fused-ring (bicyclic) bond motifs is 1. The third kappa shape index (κ3) is 4.38. The molecule has 0 bridgehead atoms. The van der Waals surface area contributed by atoms with Crippen LogP contribution in [0.2, 0.25) is 0 Å². The summed E-state index contributed by atoms with van der Waals surface area (Å²) in [6.45, 7) is 9.35. The minimum Gasteiger partial charge on any atom is -0.492 e. The molecule has 2 amide bonds. The normalized spacial score (nSPS) is 14.8. The van der Waals surface area contributed by atoms with E-state index in [4.69, 9.17) is 4.74 Å². The lowest BCUT2D eigenvalue weighted by molar-refractivity contribution is 0.144. The number of imidazole rings is 1. The standard InChI is InChI=1S/C22H28N6O2/c1-3-30-20-9-5-4-7-18(20)25-22(29)27-14-11-26(12-15-27)13-16-28-17(2)24-19-8-6-10-23-21(19)28/h4-10H,3,11-16H2,1-2H3,(H,25,29). The zero-order chi connectivity index (χ0) is 20.9. The lowest BCUT2D eigenvalue weighted by Crippen LogP contribution is -2.50. The highest BCUT2D eigenvalue weighted by Crippen LogP contribution is 2.24. The second-order valence-corrected chi connectivity index (χ2v) is 7.34. The zero-order valence-electron chi connectivity index (χ0n) is 17.5. The van der Waals surface area contributed by atoms with Gasteiger partial charge in [0.05, 0.1) is 12.3 Å². The van der Waals surface area contributed by atoms with Crippen LogP contribution in [0.3, 0.4) is 0 Å². The van der Waals surface area contributed by atoms with Crippen molar-refractivity contribution < 1.29 is 9.53 Å². The first kappa shape index (κ1) is 20.2. The molecule has 0 aliphatic carbocycles. The van der Waals surface area contributed by atoms with Gasteiger partial charge in [-0.25, -0.2) is 14.8 Å². The molecule has 8 heteroatoms. The summed E-state index contributed by atoms with van der Waals surface area (Å²) in [7, 11) is 0. The molecule has 30 heavy (non-hydrogen) atoms. The fourth-order valence-electron chi connectivity index (χ4n) is 3.80. The Labute approximate surface area is 176 Å². The van der Waals surface area contributed by atoms with Gasteiger partial charge in [0.25, 0.3) is 0 Å². The van der Waals surface area contributed by atoms with E-state index in [-0.39, 0.29) is 6.03 Å². The lowest BCUT2D eigenvalue weighted by atomic mass is 10.3. The molecule has 1 saturated heterocycles. The fraction of sp³-hybridized carbons (Fsp3) is 0.409. The van der Waals surface area contributed by atoms with Crippen LogP contribution < -0.4 is 10.1 Å². The Morgan fingerprint density at radius 2 is 1.90 bits per heavy atom. The van der Waals surface area contributed by atoms with Crippen molar-refractivity contribution in [2.24, 2.45) is 0 Å². The molecule has 158 valence electrons. The van der Waals surface area contributed by atoms with E-state index in [0.29, 0.717) is 31.1 Å². The van der Waals surface area contributed by atoms with Crippen LogP contribution in [-0.2, 0) is 6.54 Å². The van der Waals surface area contributed by atoms with Gasteiger partial charge >= 0.3 is 6.03 Å². The highest BCUT2D eigenvalue weighted by molar-refractivity contribution is 5.91. The van der Waals surface area contributed by atoms with Crippen molar-refractivity contribution in [2.75, 3.05) is 44.6 Å². The quantitative estimate of drug-likeness (QED) is 0.679. The van der Waals surface area contributed by atoms with E-state index in [0.717, 1.165) is 43.2 Å². The molecule has 0 unspecified atom stereocenters. The van der Waals surface area contributed by atoms with Gasteiger partial charge in [-0.15, -0.1) is 0 Å². The molecule has 0 radical (unpaired) electrons. The number of pyridine rings is 1. The monoisotopic (exact) mass is 408 g/mol. The van der Waals surface area contributed by atoms with Crippen molar-refractivity contribution in [3.05, 3.63) is 48.4 Å². The molecule has 1 aliphatic heterocycles. The first-order valence-corrected chi connectivity index (χ1v) is 10.4. The number of hydrogen-bond acceptors (Lipinski definition) is 5. The Hall–Kier alpha value is -3.13. The SMILES string of the molecule is CCOc1ccccc1NC(=O)N1CCN(CCn2c(C)nc3cccnc32)CC1. The number of benzene rings is 1. The molecule has 3 aromatic rings. The summed E-state index contributed by atoms with van der Waals surface area (Å²) >= 11 is 0. The number of ether oxygens (including phenoxy) is 1. The molecule has 0 spiro atoms. The first-order valence-electron chi connectivity index (χ1n) is 10.4. The van der Waals surface area contributed by atoms with Crippen LogP contribution in [0.15, 0.2) is 42.6 Å². The Morgan fingerprint density at radius 3 is 2.70 bits per heavy atom. The summed E-state index contributed by atoms with van der Waals surface area (Å²) in [6, 6.07) is 11.4. The number of anilines is 1. The number of carbonyl (C=O) groups excluding carboxylic acids is 1. The number of aromatic nitrogens is 3. The summed E-state index contributed by atoms with van der Waals surface area (Å²) in [6.07, 6.45) is 1.81. The number of rotatable bonds is 6. The van der Waals surface area contributed by atoms with Crippen molar-refractivity contribution in [3.8, 4) is 5.75 Å². The lowest BCUT2D eigenvalue weighted by Gasteiger charge is -2.34. The maximum atomic E-state index is 12.7. The maximum absolute atomic E-state index is 12.7. The second kappa shape index (κ2) is 9.13. The fourth-order valence-corrected chi connectivity index (χ4v) is 3.80. The van der Waals surface area contributed by atoms with E-state index in [1.54, 1.807) is 6.20 Å². The summed E-state index contributed by atoms with van der Waals surface area (Å²) in [5, 5.41) is 2.98. The average molecular weight is 409 g/mol. The minimum absolute atomic E-state index is 0.0811. The van der Waals surface area contributed by atoms with E-state index in [9.17, 15) is 4.79 Å². The van der Waals surface area contributed by atoms with Crippen LogP contribution in [0.25, 0.3) is 11.2 Å². The van der Waals surface area contributed by atoms with Crippen molar-refractivity contribution in [1.82, 2.24) is 24.3 Å². The topological polar surface area (TPSA) is 75.5 Å². The van der Waals surface area contributed by atoms with Crippen LogP contribution in [-0.4, -0.2) is 69.7 Å². The van der Waals surface area contributed by atoms with Gasteiger partial charge in [-0.3, -0.25) is 4.90 Å². The van der Waals surface area contributed by atoms with Crippen molar-refractivity contribution in [1.29, 1.82) is 0 Å². The summed E-state index contributed by atoms with van der Waals surface area (Å²) in [5.41, 5.74) is 2.58. The second-order valence-electron chi connectivity index (χ2n) is 7.34. The smallest absolute Gasteiger partial charge is 0.322 e. The van der Waals surface area contributed by atoms with Gasteiger partial charge < -0.3 is 19.5 Å². The number of aryl methyl sites for hydroxylation is 1. The van der Waals surface area contributed by atoms with E-state index in [2.05, 4.69) is 24.8 Å². The molecule has 0 saturated carbocycles. The van der Waals surface area contributed by atoms with Gasteiger partial charge in [-0.2, -0.15) is 0 Å². The molecular weight excluding hydrogens is 380 g/mol. The Bertz CT molecular complexity index is 1010. The number of para-hydroxylation sites is 2. The zero-order valence-corrected chi connectivity index (χ0v) is 17.5. The molecule has 0 atom stereocenters. The van der Waals surface area contributed by atoms with E-state index in [1.807, 2.05) is 55.1 Å². The molecule has 8 nitrogen and oxygen atoms in total. The Kier molecular flexibility index (Phi) is 6.13. The predicted molar refractivity (Wildman–Crippen MR) is 117 cm³/mol. The number of carbonyl (C=O) groups is 1. The highest BCUT2D eigenvalue weighted by atomic mass is 16.5. The van der Waals surface area contributed by atoms with Gasteiger partial charge in [0, 0.05) is 45.5 Å². The van der Waals surface area contributed by atoms with Crippen LogP contribution in [0.1, 0.15) is 12.7 Å². The van der Waals surface area contributed by atoms with Crippen molar-refractivity contribution in [3.63, 3.8) is 0 Å². The highest BCUT2D eigenvalue weighted by Gasteiger charge is 2.22. The van der Waals surface area contributed by atoms with Crippen molar-refractivity contribution >= 4 is 22.9 Å². The number of nitrogens with zero attached hydrogens (tertiary/aromatic N) is 5. The number of hydrogen-bond donors (Lipinski definition) is 1. The van der Waals surface area contributed by atoms with E-state index < -0.39 is 0 Å². The first-order chi connectivity index (χ1) is 14.7. The number of nitrogens with one attached hydrogen (secondary N) is 1.